The first-order valence-electron chi connectivity index (χ1n) is 9.91. The van der Waals surface area contributed by atoms with Gasteiger partial charge in [-0.15, -0.1) is 0 Å². The van der Waals surface area contributed by atoms with Crippen LogP contribution < -0.4 is 15.4 Å². The third kappa shape index (κ3) is 6.95. The summed E-state index contributed by atoms with van der Waals surface area (Å²) < 4.78 is 5.63. The number of benzene rings is 2. The van der Waals surface area contributed by atoms with Crippen LogP contribution in [-0.4, -0.2) is 47.3 Å². The minimum Gasteiger partial charge on any atom is -0.492 e. The Morgan fingerprint density at radius 3 is 2.37 bits per heavy atom. The van der Waals surface area contributed by atoms with Crippen LogP contribution >= 0.6 is 0 Å². The number of hydrogen-bond acceptors (Lipinski definition) is 6. The van der Waals surface area contributed by atoms with E-state index in [9.17, 15) is 4.79 Å². The molecule has 0 atom stereocenters. The van der Waals surface area contributed by atoms with Crippen molar-refractivity contribution in [1.82, 2.24) is 20.6 Å². The fourth-order valence-electron chi connectivity index (χ4n) is 2.78. The van der Waals surface area contributed by atoms with Crippen LogP contribution in [-0.2, 0) is 17.8 Å². The molecule has 0 unspecified atom stereocenters. The molecule has 3 aromatic rings. The van der Waals surface area contributed by atoms with Gasteiger partial charge in [0.2, 0.25) is 5.91 Å². The first-order chi connectivity index (χ1) is 14.7. The third-order valence-electron chi connectivity index (χ3n) is 4.35. The molecule has 7 nitrogen and oxygen atoms in total. The molecule has 2 aromatic carbocycles. The first kappa shape index (κ1) is 21.4. The molecule has 3 rings (SSSR count). The summed E-state index contributed by atoms with van der Waals surface area (Å²) in [5.74, 6) is 1.29. The summed E-state index contributed by atoms with van der Waals surface area (Å²) in [5.41, 5.74) is 2.70. The second-order valence-corrected chi connectivity index (χ2v) is 6.70. The standard InChI is InChI=1S/C23H26N4O3/c28-12-10-24-11-13-30-21-8-6-20(7-9-21)23-26-16-19(17-27-23)14-22(29)25-15-18-4-2-1-3-5-18/h1-9,16-17,24,28H,10-15H2,(H,25,29). The van der Waals surface area contributed by atoms with Crippen LogP contribution in [0.1, 0.15) is 11.1 Å². The quantitative estimate of drug-likeness (QED) is 0.421. The van der Waals surface area contributed by atoms with E-state index < -0.39 is 0 Å². The van der Waals surface area contributed by atoms with Crippen molar-refractivity contribution in [2.24, 2.45) is 0 Å². The second kappa shape index (κ2) is 11.6. The Balaban J connectivity index is 1.47. The van der Waals surface area contributed by atoms with Gasteiger partial charge in [0.05, 0.1) is 13.0 Å². The molecule has 0 aliphatic carbocycles. The van der Waals surface area contributed by atoms with Crippen molar-refractivity contribution in [1.29, 1.82) is 0 Å². The number of ether oxygens (including phenoxy) is 1. The molecule has 0 radical (unpaired) electrons. The number of hydrogen-bond donors (Lipinski definition) is 3. The van der Waals surface area contributed by atoms with Crippen LogP contribution in [0.15, 0.2) is 67.0 Å². The Morgan fingerprint density at radius 2 is 1.67 bits per heavy atom. The second-order valence-electron chi connectivity index (χ2n) is 6.70. The van der Waals surface area contributed by atoms with Crippen molar-refractivity contribution in [2.75, 3.05) is 26.3 Å². The van der Waals surface area contributed by atoms with Crippen molar-refractivity contribution in [3.8, 4) is 17.1 Å². The molecule has 0 spiro atoms. The number of aliphatic hydroxyl groups excluding tert-OH is 1. The molecular weight excluding hydrogens is 380 g/mol. The molecule has 0 saturated heterocycles. The van der Waals surface area contributed by atoms with E-state index >= 15 is 0 Å². The molecule has 3 N–H and O–H groups in total. The molecule has 1 heterocycles. The Hall–Kier alpha value is -3.29. The van der Waals surface area contributed by atoms with E-state index in [1.54, 1.807) is 12.4 Å². The number of aromatic nitrogens is 2. The summed E-state index contributed by atoms with van der Waals surface area (Å²) in [6, 6.07) is 17.3. The monoisotopic (exact) mass is 406 g/mol. The molecule has 0 aliphatic rings. The molecule has 0 aliphatic heterocycles. The van der Waals surface area contributed by atoms with Crippen LogP contribution in [0.2, 0.25) is 0 Å². The summed E-state index contributed by atoms with van der Waals surface area (Å²) in [5, 5.41) is 14.7. The lowest BCUT2D eigenvalue weighted by Crippen LogP contribution is -2.24. The van der Waals surface area contributed by atoms with Crippen molar-refractivity contribution < 1.29 is 14.6 Å². The van der Waals surface area contributed by atoms with Gasteiger partial charge in [0, 0.05) is 37.6 Å². The number of carbonyl (C=O) groups is 1. The first-order valence-corrected chi connectivity index (χ1v) is 9.91. The van der Waals surface area contributed by atoms with Crippen LogP contribution in [0, 0.1) is 0 Å². The number of nitrogens with one attached hydrogen (secondary N) is 2. The van der Waals surface area contributed by atoms with Gasteiger partial charge in [-0.25, -0.2) is 9.97 Å². The number of amides is 1. The highest BCUT2D eigenvalue weighted by Crippen LogP contribution is 2.19. The maximum Gasteiger partial charge on any atom is 0.224 e. The largest absolute Gasteiger partial charge is 0.492 e. The predicted octanol–water partition coefficient (Wildman–Crippen LogP) is 1.96. The van der Waals surface area contributed by atoms with Crippen molar-refractivity contribution in [3.63, 3.8) is 0 Å². The van der Waals surface area contributed by atoms with E-state index in [1.165, 1.54) is 0 Å². The number of aliphatic hydroxyl groups is 1. The van der Waals surface area contributed by atoms with Gasteiger partial charge < -0.3 is 20.5 Å². The van der Waals surface area contributed by atoms with Crippen LogP contribution in [0.3, 0.4) is 0 Å². The summed E-state index contributed by atoms with van der Waals surface area (Å²) in [4.78, 5) is 20.9. The predicted molar refractivity (Wildman–Crippen MR) is 115 cm³/mol. The number of rotatable bonds is 11. The molecular formula is C23H26N4O3. The van der Waals surface area contributed by atoms with Gasteiger partial charge in [-0.2, -0.15) is 0 Å². The molecule has 1 aromatic heterocycles. The molecule has 7 heteroatoms. The van der Waals surface area contributed by atoms with E-state index in [4.69, 9.17) is 9.84 Å². The van der Waals surface area contributed by atoms with Gasteiger partial charge in [-0.05, 0) is 35.4 Å². The van der Waals surface area contributed by atoms with Gasteiger partial charge in [-0.1, -0.05) is 30.3 Å². The van der Waals surface area contributed by atoms with Crippen molar-refractivity contribution in [2.45, 2.75) is 13.0 Å². The fraction of sp³-hybridized carbons (Fsp3) is 0.261. The van der Waals surface area contributed by atoms with Crippen LogP contribution in [0.25, 0.3) is 11.4 Å². The topological polar surface area (TPSA) is 96.4 Å². The van der Waals surface area contributed by atoms with Gasteiger partial charge >= 0.3 is 0 Å². The Kier molecular flexibility index (Phi) is 8.32. The zero-order valence-electron chi connectivity index (χ0n) is 16.8. The van der Waals surface area contributed by atoms with Gasteiger partial charge in [0.15, 0.2) is 5.82 Å². The number of carbonyl (C=O) groups excluding carboxylic acids is 1. The number of nitrogens with zero attached hydrogens (tertiary/aromatic N) is 2. The molecule has 30 heavy (non-hydrogen) atoms. The van der Waals surface area contributed by atoms with Crippen molar-refractivity contribution in [3.05, 3.63) is 78.1 Å². The summed E-state index contributed by atoms with van der Waals surface area (Å²) in [6.07, 6.45) is 3.60. The highest BCUT2D eigenvalue weighted by molar-refractivity contribution is 5.78. The SMILES string of the molecule is O=C(Cc1cnc(-c2ccc(OCCNCCO)cc2)nc1)NCc1ccccc1. The zero-order chi connectivity index (χ0) is 21.0. The molecule has 1 amide bonds. The smallest absolute Gasteiger partial charge is 0.224 e. The normalized spacial score (nSPS) is 10.6. The highest BCUT2D eigenvalue weighted by Gasteiger charge is 2.06. The maximum absolute atomic E-state index is 12.1. The summed E-state index contributed by atoms with van der Waals surface area (Å²) in [6.45, 7) is 2.38. The maximum atomic E-state index is 12.1. The van der Waals surface area contributed by atoms with Crippen molar-refractivity contribution >= 4 is 5.91 Å². The molecule has 0 bridgehead atoms. The molecule has 0 saturated carbocycles. The van der Waals surface area contributed by atoms with E-state index in [2.05, 4.69) is 20.6 Å². The van der Waals surface area contributed by atoms with Crippen LogP contribution in [0.5, 0.6) is 5.75 Å². The van der Waals surface area contributed by atoms with Gasteiger partial charge in [0.1, 0.15) is 12.4 Å². The molecule has 156 valence electrons. The van der Waals surface area contributed by atoms with Gasteiger partial charge in [-0.3, -0.25) is 4.79 Å². The highest BCUT2D eigenvalue weighted by atomic mass is 16.5. The van der Waals surface area contributed by atoms with Gasteiger partial charge in [0.25, 0.3) is 0 Å². The minimum absolute atomic E-state index is 0.0646. The lowest BCUT2D eigenvalue weighted by atomic mass is 10.2. The van der Waals surface area contributed by atoms with E-state index in [-0.39, 0.29) is 18.9 Å². The average Bonchev–Trinajstić information content (AvgIpc) is 2.79. The minimum atomic E-state index is -0.0646. The summed E-state index contributed by atoms with van der Waals surface area (Å²) in [7, 11) is 0. The summed E-state index contributed by atoms with van der Waals surface area (Å²) >= 11 is 0. The third-order valence-corrected chi connectivity index (χ3v) is 4.35. The fourth-order valence-corrected chi connectivity index (χ4v) is 2.78. The average molecular weight is 406 g/mol. The Labute approximate surface area is 176 Å². The van der Waals surface area contributed by atoms with E-state index in [0.29, 0.717) is 32.1 Å². The van der Waals surface area contributed by atoms with E-state index in [1.807, 2.05) is 54.6 Å². The van der Waals surface area contributed by atoms with E-state index in [0.717, 1.165) is 22.4 Å². The Morgan fingerprint density at radius 1 is 0.933 bits per heavy atom. The Bertz CT molecular complexity index is 900. The zero-order valence-corrected chi connectivity index (χ0v) is 16.8. The lowest BCUT2D eigenvalue weighted by Gasteiger charge is -2.08. The lowest BCUT2D eigenvalue weighted by molar-refractivity contribution is -0.120. The van der Waals surface area contributed by atoms with Crippen LogP contribution in [0.4, 0.5) is 0 Å². The molecule has 0 fully saturated rings.